The maximum Gasteiger partial charge on any atom is 0.118 e. The highest BCUT2D eigenvalue weighted by Crippen LogP contribution is 2.50. The molecule has 3 rings (SSSR count). The first-order valence-electron chi connectivity index (χ1n) is 8.83. The number of benzene rings is 1. The van der Waals surface area contributed by atoms with Crippen LogP contribution >= 0.6 is 0 Å². The van der Waals surface area contributed by atoms with E-state index in [9.17, 15) is 5.11 Å². The summed E-state index contributed by atoms with van der Waals surface area (Å²) >= 11 is 0. The summed E-state index contributed by atoms with van der Waals surface area (Å²) in [6.07, 6.45) is 4.10. The van der Waals surface area contributed by atoms with Gasteiger partial charge in [-0.25, -0.2) is 0 Å². The number of rotatable bonds is 6. The maximum atomic E-state index is 10.3. The minimum absolute atomic E-state index is 0.0343. The van der Waals surface area contributed by atoms with E-state index in [1.165, 1.54) is 5.56 Å². The first-order chi connectivity index (χ1) is 11.2. The van der Waals surface area contributed by atoms with Crippen molar-refractivity contribution in [1.82, 2.24) is 4.90 Å². The van der Waals surface area contributed by atoms with Gasteiger partial charge in [0.15, 0.2) is 0 Å². The highest BCUT2D eigenvalue weighted by atomic mass is 16.5. The Morgan fingerprint density at radius 3 is 2.48 bits per heavy atom. The lowest BCUT2D eigenvalue weighted by Crippen LogP contribution is -2.62. The molecular formula is C19H29NO3. The van der Waals surface area contributed by atoms with Gasteiger partial charge < -0.3 is 19.5 Å². The van der Waals surface area contributed by atoms with E-state index in [1.807, 2.05) is 19.1 Å². The number of ether oxygens (including phenoxy) is 2. The Morgan fingerprint density at radius 1 is 1.22 bits per heavy atom. The van der Waals surface area contributed by atoms with Crippen LogP contribution in [0.5, 0.6) is 5.75 Å². The summed E-state index contributed by atoms with van der Waals surface area (Å²) in [5, 5.41) is 10.3. The van der Waals surface area contributed by atoms with E-state index in [4.69, 9.17) is 9.47 Å². The second kappa shape index (κ2) is 7.20. The zero-order valence-electron chi connectivity index (χ0n) is 14.3. The maximum absolute atomic E-state index is 10.3. The fraction of sp³-hybridized carbons (Fsp3) is 0.684. The molecule has 1 saturated heterocycles. The minimum Gasteiger partial charge on any atom is -0.497 e. The highest BCUT2D eigenvalue weighted by Gasteiger charge is 2.55. The molecule has 1 spiro atoms. The molecule has 1 aromatic carbocycles. The summed E-state index contributed by atoms with van der Waals surface area (Å²) in [6.45, 7) is 6.01. The van der Waals surface area contributed by atoms with Gasteiger partial charge in [0.05, 0.1) is 19.3 Å². The van der Waals surface area contributed by atoms with Crippen molar-refractivity contribution < 1.29 is 14.6 Å². The van der Waals surface area contributed by atoms with Crippen LogP contribution in [0.25, 0.3) is 0 Å². The predicted octanol–water partition coefficient (Wildman–Crippen LogP) is 2.49. The number of piperidine rings is 1. The van der Waals surface area contributed by atoms with Crippen molar-refractivity contribution in [2.45, 2.75) is 44.8 Å². The third-order valence-electron chi connectivity index (χ3n) is 5.77. The van der Waals surface area contributed by atoms with Gasteiger partial charge in [0, 0.05) is 25.0 Å². The molecule has 1 aliphatic carbocycles. The Morgan fingerprint density at radius 2 is 1.91 bits per heavy atom. The molecule has 1 aromatic rings. The predicted molar refractivity (Wildman–Crippen MR) is 90.8 cm³/mol. The first-order valence-corrected chi connectivity index (χ1v) is 8.83. The molecule has 128 valence electrons. The third kappa shape index (κ3) is 3.39. The van der Waals surface area contributed by atoms with Gasteiger partial charge >= 0.3 is 0 Å². The number of aliphatic hydroxyl groups excluding tert-OH is 1. The van der Waals surface area contributed by atoms with E-state index in [1.54, 1.807) is 7.11 Å². The standard InChI is InChI=1S/C19H29NO3/c1-3-23-18-14-17(21)19(18)9-12-20(13-10-19)11-8-15-4-6-16(22-2)7-5-15/h4-7,17-18,21H,3,8-14H2,1-2H3. The lowest BCUT2D eigenvalue weighted by molar-refractivity contribution is -0.209. The van der Waals surface area contributed by atoms with Gasteiger partial charge in [0.2, 0.25) is 0 Å². The molecule has 0 radical (unpaired) electrons. The van der Waals surface area contributed by atoms with Gasteiger partial charge in [-0.2, -0.15) is 0 Å². The van der Waals surface area contributed by atoms with Crippen molar-refractivity contribution in [2.75, 3.05) is 33.4 Å². The van der Waals surface area contributed by atoms with Gasteiger partial charge in [-0.3, -0.25) is 0 Å². The summed E-state index contributed by atoms with van der Waals surface area (Å²) < 4.78 is 11.0. The molecule has 0 aromatic heterocycles. The zero-order chi connectivity index (χ0) is 16.3. The monoisotopic (exact) mass is 319 g/mol. The molecule has 0 amide bonds. The number of aliphatic hydroxyl groups is 1. The van der Waals surface area contributed by atoms with E-state index in [2.05, 4.69) is 17.0 Å². The lowest BCUT2D eigenvalue weighted by Gasteiger charge is -2.56. The molecular weight excluding hydrogens is 290 g/mol. The number of likely N-dealkylation sites (tertiary alicyclic amines) is 1. The molecule has 1 heterocycles. The average molecular weight is 319 g/mol. The Hall–Kier alpha value is -1.10. The third-order valence-corrected chi connectivity index (χ3v) is 5.77. The van der Waals surface area contributed by atoms with E-state index in [0.717, 1.165) is 57.7 Å². The first kappa shape index (κ1) is 16.7. The Kier molecular flexibility index (Phi) is 5.24. The van der Waals surface area contributed by atoms with Crippen LogP contribution in [-0.4, -0.2) is 55.6 Å². The molecule has 0 bridgehead atoms. The van der Waals surface area contributed by atoms with Crippen LogP contribution < -0.4 is 4.74 Å². The van der Waals surface area contributed by atoms with Gasteiger partial charge in [-0.05, 0) is 57.0 Å². The molecule has 1 aliphatic heterocycles. The Labute approximate surface area is 139 Å². The zero-order valence-corrected chi connectivity index (χ0v) is 14.3. The molecule has 2 atom stereocenters. The van der Waals surface area contributed by atoms with Crippen molar-refractivity contribution in [3.63, 3.8) is 0 Å². The molecule has 2 fully saturated rings. The van der Waals surface area contributed by atoms with Crippen molar-refractivity contribution in [1.29, 1.82) is 0 Å². The average Bonchev–Trinajstić information content (AvgIpc) is 2.60. The lowest BCUT2D eigenvalue weighted by atomic mass is 9.58. The Bertz CT molecular complexity index is 492. The normalized spacial score (nSPS) is 26.9. The van der Waals surface area contributed by atoms with Crippen LogP contribution in [0, 0.1) is 5.41 Å². The molecule has 2 aliphatic rings. The molecule has 23 heavy (non-hydrogen) atoms. The van der Waals surface area contributed by atoms with Crippen LogP contribution in [0.3, 0.4) is 0 Å². The summed E-state index contributed by atoms with van der Waals surface area (Å²) in [6, 6.07) is 8.34. The number of nitrogens with zero attached hydrogens (tertiary/aromatic N) is 1. The number of methoxy groups -OCH3 is 1. The van der Waals surface area contributed by atoms with Crippen LogP contribution in [0.15, 0.2) is 24.3 Å². The second-order valence-electron chi connectivity index (χ2n) is 6.87. The largest absolute Gasteiger partial charge is 0.497 e. The number of hydrogen-bond donors (Lipinski definition) is 1. The van der Waals surface area contributed by atoms with E-state index in [-0.39, 0.29) is 17.6 Å². The quantitative estimate of drug-likeness (QED) is 0.875. The smallest absolute Gasteiger partial charge is 0.118 e. The summed E-state index contributed by atoms with van der Waals surface area (Å²) in [7, 11) is 1.70. The van der Waals surface area contributed by atoms with Gasteiger partial charge in [0.25, 0.3) is 0 Å². The Balaban J connectivity index is 1.47. The topological polar surface area (TPSA) is 41.9 Å². The van der Waals surface area contributed by atoms with Crippen LogP contribution in [0.1, 0.15) is 31.7 Å². The van der Waals surface area contributed by atoms with Crippen molar-refractivity contribution in [3.8, 4) is 5.75 Å². The molecule has 4 heteroatoms. The molecule has 2 unspecified atom stereocenters. The fourth-order valence-corrected chi connectivity index (χ4v) is 4.09. The molecule has 1 N–H and O–H groups in total. The number of hydrogen-bond acceptors (Lipinski definition) is 4. The second-order valence-corrected chi connectivity index (χ2v) is 6.87. The van der Waals surface area contributed by atoms with Crippen LogP contribution in [0.4, 0.5) is 0 Å². The highest BCUT2D eigenvalue weighted by molar-refractivity contribution is 5.27. The van der Waals surface area contributed by atoms with Crippen LogP contribution in [-0.2, 0) is 11.2 Å². The van der Waals surface area contributed by atoms with Crippen molar-refractivity contribution >= 4 is 0 Å². The summed E-state index contributed by atoms with van der Waals surface area (Å²) in [5.74, 6) is 0.912. The van der Waals surface area contributed by atoms with Crippen molar-refractivity contribution in [3.05, 3.63) is 29.8 Å². The van der Waals surface area contributed by atoms with Gasteiger partial charge in [0.1, 0.15) is 5.75 Å². The van der Waals surface area contributed by atoms with E-state index < -0.39 is 0 Å². The SMILES string of the molecule is CCOC1CC(O)C12CCN(CCc1ccc(OC)cc1)CC2. The molecule has 4 nitrogen and oxygen atoms in total. The summed E-state index contributed by atoms with van der Waals surface area (Å²) in [4.78, 5) is 2.52. The van der Waals surface area contributed by atoms with Gasteiger partial charge in [-0.1, -0.05) is 12.1 Å². The van der Waals surface area contributed by atoms with Gasteiger partial charge in [-0.15, -0.1) is 0 Å². The minimum atomic E-state index is -0.164. The molecule has 1 saturated carbocycles. The fourth-order valence-electron chi connectivity index (χ4n) is 4.09. The van der Waals surface area contributed by atoms with Crippen LogP contribution in [0.2, 0.25) is 0 Å². The summed E-state index contributed by atoms with van der Waals surface area (Å²) in [5.41, 5.74) is 1.38. The van der Waals surface area contributed by atoms with E-state index >= 15 is 0 Å². The van der Waals surface area contributed by atoms with E-state index in [0.29, 0.717) is 0 Å². The van der Waals surface area contributed by atoms with Crippen molar-refractivity contribution in [2.24, 2.45) is 5.41 Å².